The molecule has 1 aromatic carbocycles. The number of piperazine rings is 1. The lowest BCUT2D eigenvalue weighted by molar-refractivity contribution is 0.371. The first-order chi connectivity index (χ1) is 13.1. The highest BCUT2D eigenvalue weighted by Gasteiger charge is 2.21. The Bertz CT molecular complexity index is 765. The van der Waals surface area contributed by atoms with E-state index in [1.165, 1.54) is 11.1 Å². The predicted octanol–water partition coefficient (Wildman–Crippen LogP) is 3.35. The van der Waals surface area contributed by atoms with E-state index in [9.17, 15) is 4.39 Å². The topological polar surface area (TPSA) is 43.8 Å². The largest absolute Gasteiger partial charge is 0.366 e. The highest BCUT2D eigenvalue weighted by molar-refractivity contribution is 7.09. The van der Waals surface area contributed by atoms with Crippen LogP contribution in [0, 0.1) is 5.82 Å². The van der Waals surface area contributed by atoms with E-state index in [4.69, 9.17) is 0 Å². The minimum Gasteiger partial charge on any atom is -0.366 e. The molecule has 146 valence electrons. The summed E-state index contributed by atoms with van der Waals surface area (Å²) < 4.78 is 14.0. The number of halogens is 1. The first-order valence-electron chi connectivity index (χ1n) is 9.48. The molecule has 7 heteroatoms. The Labute approximate surface area is 164 Å². The molecule has 2 heterocycles. The van der Waals surface area contributed by atoms with Crippen LogP contribution in [0.4, 0.5) is 10.1 Å². The highest BCUT2D eigenvalue weighted by Crippen LogP contribution is 2.20. The molecular weight excluding hydrogens is 361 g/mol. The van der Waals surface area contributed by atoms with Crippen LogP contribution in [0.25, 0.3) is 0 Å². The summed E-state index contributed by atoms with van der Waals surface area (Å²) in [4.78, 5) is 13.4. The van der Waals surface area contributed by atoms with Gasteiger partial charge in [-0.25, -0.2) is 9.37 Å². The molecule has 1 N–H and O–H groups in total. The molecule has 3 rings (SSSR count). The zero-order chi connectivity index (χ0) is 19.2. The first-order valence-corrected chi connectivity index (χ1v) is 10.4. The van der Waals surface area contributed by atoms with Crippen molar-refractivity contribution < 1.29 is 4.39 Å². The van der Waals surface area contributed by atoms with Crippen molar-refractivity contribution in [3.8, 4) is 0 Å². The Morgan fingerprint density at radius 1 is 1.26 bits per heavy atom. The van der Waals surface area contributed by atoms with Gasteiger partial charge < -0.3 is 15.1 Å². The minimum atomic E-state index is -0.155. The number of guanidine groups is 1. The van der Waals surface area contributed by atoms with Crippen molar-refractivity contribution in [3.63, 3.8) is 0 Å². The van der Waals surface area contributed by atoms with Crippen molar-refractivity contribution in [2.75, 3.05) is 44.7 Å². The number of anilines is 1. The molecule has 1 aromatic heterocycles. The molecule has 27 heavy (non-hydrogen) atoms. The summed E-state index contributed by atoms with van der Waals surface area (Å²) in [6.07, 6.45) is 0.886. The third-order valence-electron chi connectivity index (χ3n) is 4.71. The fourth-order valence-electron chi connectivity index (χ4n) is 3.20. The van der Waals surface area contributed by atoms with Crippen LogP contribution in [-0.4, -0.2) is 55.6 Å². The number of hydrogen-bond acceptors (Lipinski definition) is 4. The number of nitrogens with zero attached hydrogens (tertiary/aromatic N) is 4. The second kappa shape index (κ2) is 9.17. The van der Waals surface area contributed by atoms with Crippen LogP contribution in [0.2, 0.25) is 0 Å². The number of thiazole rings is 1. The van der Waals surface area contributed by atoms with Crippen molar-refractivity contribution in [3.05, 3.63) is 46.2 Å². The van der Waals surface area contributed by atoms with Crippen molar-refractivity contribution in [2.24, 2.45) is 4.99 Å². The van der Waals surface area contributed by atoms with Gasteiger partial charge in [0.2, 0.25) is 0 Å². The fourth-order valence-corrected chi connectivity index (χ4v) is 4.07. The number of para-hydroxylation sites is 1. The van der Waals surface area contributed by atoms with E-state index in [1.807, 2.05) is 19.2 Å². The number of aliphatic imine (C=N–C) groups is 1. The highest BCUT2D eigenvalue weighted by atomic mass is 32.1. The molecular formula is C20H28FN5S. The van der Waals surface area contributed by atoms with E-state index >= 15 is 0 Å². The van der Waals surface area contributed by atoms with Crippen LogP contribution in [0.3, 0.4) is 0 Å². The van der Waals surface area contributed by atoms with E-state index in [0.29, 0.717) is 11.6 Å². The van der Waals surface area contributed by atoms with E-state index < -0.39 is 0 Å². The molecule has 5 nitrogen and oxygen atoms in total. The predicted molar refractivity (Wildman–Crippen MR) is 111 cm³/mol. The monoisotopic (exact) mass is 389 g/mol. The SMILES string of the molecule is CN=C(NCCc1csc(C(C)C)n1)N1CCN(c2ccccc2F)CC1. The van der Waals surface area contributed by atoms with E-state index in [-0.39, 0.29) is 5.82 Å². The lowest BCUT2D eigenvalue weighted by Gasteiger charge is -2.37. The first kappa shape index (κ1) is 19.6. The van der Waals surface area contributed by atoms with E-state index in [1.54, 1.807) is 17.4 Å². The summed E-state index contributed by atoms with van der Waals surface area (Å²) in [5.41, 5.74) is 1.82. The second-order valence-electron chi connectivity index (χ2n) is 6.98. The second-order valence-corrected chi connectivity index (χ2v) is 7.87. The van der Waals surface area contributed by atoms with Crippen molar-refractivity contribution in [1.29, 1.82) is 0 Å². The minimum absolute atomic E-state index is 0.155. The Kier molecular flexibility index (Phi) is 6.66. The van der Waals surface area contributed by atoms with Crippen LogP contribution in [0.5, 0.6) is 0 Å². The molecule has 0 spiro atoms. The van der Waals surface area contributed by atoms with Gasteiger partial charge in [0.1, 0.15) is 5.82 Å². The zero-order valence-electron chi connectivity index (χ0n) is 16.3. The molecule has 1 saturated heterocycles. The lowest BCUT2D eigenvalue weighted by atomic mass is 10.2. The van der Waals surface area contributed by atoms with Gasteiger partial charge in [0.05, 0.1) is 16.4 Å². The quantitative estimate of drug-likeness (QED) is 0.629. The molecule has 1 aliphatic heterocycles. The van der Waals surface area contributed by atoms with Gasteiger partial charge in [-0.15, -0.1) is 11.3 Å². The normalized spacial score (nSPS) is 15.5. The van der Waals surface area contributed by atoms with Gasteiger partial charge in [-0.1, -0.05) is 26.0 Å². The average Bonchev–Trinajstić information content (AvgIpc) is 3.15. The third-order valence-corrected chi connectivity index (χ3v) is 5.91. The molecule has 0 atom stereocenters. The molecule has 1 fully saturated rings. The van der Waals surface area contributed by atoms with Crippen LogP contribution < -0.4 is 10.2 Å². The Morgan fingerprint density at radius 3 is 2.63 bits per heavy atom. The Morgan fingerprint density at radius 2 is 2.00 bits per heavy atom. The number of aromatic nitrogens is 1. The summed E-state index contributed by atoms with van der Waals surface area (Å²) in [6.45, 7) is 8.36. The molecule has 0 aliphatic carbocycles. The van der Waals surface area contributed by atoms with Crippen molar-refractivity contribution in [2.45, 2.75) is 26.2 Å². The van der Waals surface area contributed by atoms with Crippen LogP contribution >= 0.6 is 11.3 Å². The third kappa shape index (κ3) is 4.97. The standard InChI is InChI=1S/C20H28FN5S/c1-15(2)19-24-16(14-27-19)8-9-23-20(22-3)26-12-10-25(11-13-26)18-7-5-4-6-17(18)21/h4-7,14-15H,8-13H2,1-3H3,(H,22,23). The number of rotatable bonds is 5. The molecule has 0 saturated carbocycles. The van der Waals surface area contributed by atoms with Gasteiger partial charge in [0.25, 0.3) is 0 Å². The summed E-state index contributed by atoms with van der Waals surface area (Å²) in [6, 6.07) is 6.98. The average molecular weight is 390 g/mol. The number of nitrogens with one attached hydrogen (secondary N) is 1. The summed E-state index contributed by atoms with van der Waals surface area (Å²) in [7, 11) is 1.81. The van der Waals surface area contributed by atoms with Crippen LogP contribution in [0.1, 0.15) is 30.5 Å². The smallest absolute Gasteiger partial charge is 0.193 e. The van der Waals surface area contributed by atoms with Crippen LogP contribution in [0.15, 0.2) is 34.6 Å². The van der Waals surface area contributed by atoms with Crippen LogP contribution in [-0.2, 0) is 6.42 Å². The molecule has 0 unspecified atom stereocenters. The van der Waals surface area contributed by atoms with Gasteiger partial charge in [0, 0.05) is 57.5 Å². The zero-order valence-corrected chi connectivity index (χ0v) is 17.1. The van der Waals surface area contributed by atoms with Gasteiger partial charge in [-0.3, -0.25) is 4.99 Å². The Hall–Kier alpha value is -2.15. The summed E-state index contributed by atoms with van der Waals surface area (Å²) in [5, 5.41) is 6.78. The van der Waals surface area contributed by atoms with Crippen molar-refractivity contribution in [1.82, 2.24) is 15.2 Å². The van der Waals surface area contributed by atoms with Gasteiger partial charge in [-0.2, -0.15) is 0 Å². The molecule has 0 radical (unpaired) electrons. The van der Waals surface area contributed by atoms with Crippen molar-refractivity contribution >= 4 is 23.0 Å². The van der Waals surface area contributed by atoms with Gasteiger partial charge in [0.15, 0.2) is 5.96 Å². The number of hydrogen-bond donors (Lipinski definition) is 1. The van der Waals surface area contributed by atoms with Gasteiger partial charge in [-0.05, 0) is 12.1 Å². The molecule has 0 bridgehead atoms. The molecule has 2 aromatic rings. The maximum Gasteiger partial charge on any atom is 0.193 e. The Balaban J connectivity index is 1.48. The summed E-state index contributed by atoms with van der Waals surface area (Å²) in [5.74, 6) is 1.23. The maximum atomic E-state index is 14.0. The molecule has 0 amide bonds. The van der Waals surface area contributed by atoms with E-state index in [2.05, 4.69) is 44.3 Å². The molecule has 1 aliphatic rings. The number of benzene rings is 1. The van der Waals surface area contributed by atoms with E-state index in [0.717, 1.165) is 50.8 Å². The fraction of sp³-hybridized carbons (Fsp3) is 0.500. The maximum absolute atomic E-state index is 14.0. The van der Waals surface area contributed by atoms with Gasteiger partial charge >= 0.3 is 0 Å². The lowest BCUT2D eigenvalue weighted by Crippen LogP contribution is -2.53. The summed E-state index contributed by atoms with van der Waals surface area (Å²) >= 11 is 1.73.